The van der Waals surface area contributed by atoms with Gasteiger partial charge in [0, 0.05) is 24.8 Å². The van der Waals surface area contributed by atoms with Crippen LogP contribution in [0.15, 0.2) is 42.5 Å². The molecule has 0 saturated carbocycles. The Bertz CT molecular complexity index is 755. The van der Waals surface area contributed by atoms with E-state index in [2.05, 4.69) is 55.1 Å². The van der Waals surface area contributed by atoms with Crippen LogP contribution in [-0.4, -0.2) is 44.4 Å². The lowest BCUT2D eigenvalue weighted by atomic mass is 10.1. The molecule has 1 aliphatic rings. The summed E-state index contributed by atoms with van der Waals surface area (Å²) in [5, 5.41) is 19.5. The van der Waals surface area contributed by atoms with Gasteiger partial charge in [-0.1, -0.05) is 18.2 Å². The third kappa shape index (κ3) is 2.57. The molecule has 3 aromatic rings. The van der Waals surface area contributed by atoms with Gasteiger partial charge >= 0.3 is 0 Å². The van der Waals surface area contributed by atoms with Gasteiger partial charge in [-0.15, -0.1) is 14.8 Å². The largest absolute Gasteiger partial charge is 0.381 e. The predicted molar refractivity (Wildman–Crippen MR) is 83.9 cm³/mol. The molecule has 1 unspecified atom stereocenters. The Hall–Kier alpha value is -2.70. The molecule has 7 heteroatoms. The molecule has 112 valence electrons. The highest BCUT2D eigenvalue weighted by Gasteiger charge is 2.21. The molecule has 1 N–H and O–H groups in total. The van der Waals surface area contributed by atoms with Crippen LogP contribution in [0, 0.1) is 0 Å². The summed E-state index contributed by atoms with van der Waals surface area (Å²) in [5.41, 5.74) is 1.83. The van der Waals surface area contributed by atoms with Crippen LogP contribution in [0.1, 0.15) is 12.8 Å². The van der Waals surface area contributed by atoms with Crippen molar-refractivity contribution in [3.8, 4) is 0 Å². The van der Waals surface area contributed by atoms with Gasteiger partial charge in [-0.05, 0) is 47.5 Å². The quantitative estimate of drug-likeness (QED) is 0.791. The fourth-order valence-electron chi connectivity index (χ4n) is 2.88. The number of hydrogen-bond acceptors (Lipinski definition) is 6. The average Bonchev–Trinajstić information content (AvgIpc) is 3.04. The minimum Gasteiger partial charge on any atom is -0.381 e. The minimum atomic E-state index is 0.419. The van der Waals surface area contributed by atoms with Gasteiger partial charge in [0.1, 0.15) is 0 Å². The molecule has 0 amide bonds. The average molecular weight is 295 g/mol. The lowest BCUT2D eigenvalue weighted by Crippen LogP contribution is -2.42. The zero-order valence-corrected chi connectivity index (χ0v) is 12.1. The number of fused-ring (bicyclic) bond motifs is 1. The molecule has 0 bridgehead atoms. The number of benzene rings is 1. The second kappa shape index (κ2) is 5.59. The van der Waals surface area contributed by atoms with E-state index in [0.29, 0.717) is 11.7 Å². The normalized spacial score (nSPS) is 18.5. The number of hydrogen-bond donors (Lipinski definition) is 1. The molecule has 1 fully saturated rings. The summed E-state index contributed by atoms with van der Waals surface area (Å²) >= 11 is 0. The molecule has 1 saturated heterocycles. The van der Waals surface area contributed by atoms with Gasteiger partial charge < -0.3 is 10.2 Å². The summed E-state index contributed by atoms with van der Waals surface area (Å²) in [5.74, 6) is 0.916. The number of piperidine rings is 1. The second-order valence-electron chi connectivity index (χ2n) is 5.51. The lowest BCUT2D eigenvalue weighted by Gasteiger charge is -2.34. The second-order valence-corrected chi connectivity index (χ2v) is 5.51. The number of aromatic nitrogens is 5. The Morgan fingerprint density at radius 2 is 2.00 bits per heavy atom. The first-order valence-corrected chi connectivity index (χ1v) is 7.50. The Kier molecular flexibility index (Phi) is 3.30. The van der Waals surface area contributed by atoms with E-state index < -0.39 is 0 Å². The number of nitrogens with zero attached hydrogens (tertiary/aromatic N) is 6. The van der Waals surface area contributed by atoms with Gasteiger partial charge in [0.25, 0.3) is 0 Å². The van der Waals surface area contributed by atoms with Crippen LogP contribution in [0.4, 0.5) is 11.5 Å². The van der Waals surface area contributed by atoms with E-state index in [4.69, 9.17) is 0 Å². The highest BCUT2D eigenvalue weighted by molar-refractivity contribution is 5.47. The Morgan fingerprint density at radius 1 is 1.09 bits per heavy atom. The molecule has 3 heterocycles. The molecule has 1 atom stereocenters. The molecular formula is C15H17N7. The molecular weight excluding hydrogens is 278 g/mol. The van der Waals surface area contributed by atoms with Gasteiger partial charge in [-0.2, -0.15) is 0 Å². The first-order valence-electron chi connectivity index (χ1n) is 7.50. The van der Waals surface area contributed by atoms with Gasteiger partial charge in [-0.3, -0.25) is 0 Å². The smallest absolute Gasteiger partial charge is 0.200 e. The molecule has 0 spiro atoms. The van der Waals surface area contributed by atoms with E-state index >= 15 is 0 Å². The molecule has 1 aliphatic heterocycles. The lowest BCUT2D eigenvalue weighted by molar-refractivity contribution is 0.523. The van der Waals surface area contributed by atoms with Gasteiger partial charge in [0.05, 0.1) is 0 Å². The van der Waals surface area contributed by atoms with Crippen molar-refractivity contribution in [1.82, 2.24) is 25.3 Å². The summed E-state index contributed by atoms with van der Waals surface area (Å²) in [7, 11) is 0. The van der Waals surface area contributed by atoms with Crippen LogP contribution in [0.2, 0.25) is 0 Å². The SMILES string of the molecule is c1ccc(NC2CCCN(c3ccc4nnnn4n3)C2)cc1. The van der Waals surface area contributed by atoms with E-state index in [0.717, 1.165) is 25.3 Å². The topological polar surface area (TPSA) is 71.2 Å². The zero-order valence-electron chi connectivity index (χ0n) is 12.1. The van der Waals surface area contributed by atoms with Crippen LogP contribution in [0.5, 0.6) is 0 Å². The van der Waals surface area contributed by atoms with E-state index in [-0.39, 0.29) is 0 Å². The van der Waals surface area contributed by atoms with Crippen LogP contribution in [-0.2, 0) is 0 Å². The van der Waals surface area contributed by atoms with Gasteiger partial charge in [0.2, 0.25) is 0 Å². The molecule has 1 aromatic carbocycles. The van der Waals surface area contributed by atoms with Crippen molar-refractivity contribution in [2.75, 3.05) is 23.3 Å². The van der Waals surface area contributed by atoms with Crippen molar-refractivity contribution in [3.63, 3.8) is 0 Å². The van der Waals surface area contributed by atoms with E-state index in [1.807, 2.05) is 18.2 Å². The van der Waals surface area contributed by atoms with Crippen molar-refractivity contribution in [1.29, 1.82) is 0 Å². The predicted octanol–water partition coefficient (Wildman–Crippen LogP) is 1.60. The first kappa shape index (κ1) is 13.0. The summed E-state index contributed by atoms with van der Waals surface area (Å²) < 4.78 is 1.48. The minimum absolute atomic E-state index is 0.419. The molecule has 22 heavy (non-hydrogen) atoms. The maximum absolute atomic E-state index is 4.48. The number of rotatable bonds is 3. The molecule has 7 nitrogen and oxygen atoms in total. The maximum atomic E-state index is 4.48. The van der Waals surface area contributed by atoms with Crippen molar-refractivity contribution in [2.24, 2.45) is 0 Å². The summed E-state index contributed by atoms with van der Waals surface area (Å²) in [6.07, 6.45) is 2.30. The maximum Gasteiger partial charge on any atom is 0.200 e. The molecule has 0 aliphatic carbocycles. The summed E-state index contributed by atoms with van der Waals surface area (Å²) in [6.45, 7) is 1.93. The van der Waals surface area contributed by atoms with E-state index in [1.165, 1.54) is 16.7 Å². The van der Waals surface area contributed by atoms with Crippen LogP contribution in [0.25, 0.3) is 5.65 Å². The number of anilines is 2. The molecule has 4 rings (SSSR count). The Labute approximate surface area is 127 Å². The van der Waals surface area contributed by atoms with Crippen molar-refractivity contribution in [2.45, 2.75) is 18.9 Å². The highest BCUT2D eigenvalue weighted by atomic mass is 15.6. The van der Waals surface area contributed by atoms with E-state index in [1.54, 1.807) is 0 Å². The first-order chi connectivity index (χ1) is 10.9. The number of para-hydroxylation sites is 1. The van der Waals surface area contributed by atoms with Crippen molar-refractivity contribution < 1.29 is 0 Å². The highest BCUT2D eigenvalue weighted by Crippen LogP contribution is 2.20. The summed E-state index contributed by atoms with van der Waals surface area (Å²) in [4.78, 5) is 2.28. The fourth-order valence-corrected chi connectivity index (χ4v) is 2.88. The zero-order chi connectivity index (χ0) is 14.8. The monoisotopic (exact) mass is 295 g/mol. The van der Waals surface area contributed by atoms with Crippen molar-refractivity contribution in [3.05, 3.63) is 42.5 Å². The Morgan fingerprint density at radius 3 is 2.91 bits per heavy atom. The summed E-state index contributed by atoms with van der Waals surface area (Å²) in [6, 6.07) is 14.6. The number of tetrazole rings is 1. The molecule has 2 aromatic heterocycles. The van der Waals surface area contributed by atoms with Crippen molar-refractivity contribution >= 4 is 17.2 Å². The fraction of sp³-hybridized carbons (Fsp3) is 0.333. The number of nitrogens with one attached hydrogen (secondary N) is 1. The third-order valence-electron chi connectivity index (χ3n) is 3.95. The third-order valence-corrected chi connectivity index (χ3v) is 3.95. The van der Waals surface area contributed by atoms with Gasteiger partial charge in [0.15, 0.2) is 11.5 Å². The molecule has 0 radical (unpaired) electrons. The van der Waals surface area contributed by atoms with Crippen LogP contribution >= 0.6 is 0 Å². The Balaban J connectivity index is 1.50. The van der Waals surface area contributed by atoms with Crippen LogP contribution in [0.3, 0.4) is 0 Å². The van der Waals surface area contributed by atoms with Gasteiger partial charge in [-0.25, -0.2) is 0 Å². The standard InChI is InChI=1S/C15H17N7/c1-2-5-12(6-3-1)16-13-7-4-10-21(11-13)15-9-8-14-17-19-20-22(14)18-15/h1-3,5-6,8-9,13,16H,4,7,10-11H2. The van der Waals surface area contributed by atoms with E-state index in [9.17, 15) is 0 Å². The van der Waals surface area contributed by atoms with Crippen LogP contribution < -0.4 is 10.2 Å².